The molecule has 1 heterocycles. The molecule has 20 heavy (non-hydrogen) atoms. The van der Waals surface area contributed by atoms with Gasteiger partial charge in [-0.1, -0.05) is 15.9 Å². The van der Waals surface area contributed by atoms with Crippen LogP contribution < -0.4 is 5.73 Å². The molecule has 0 bridgehead atoms. The van der Waals surface area contributed by atoms with Crippen molar-refractivity contribution in [2.24, 2.45) is 5.92 Å². The van der Waals surface area contributed by atoms with E-state index >= 15 is 0 Å². The SMILES string of the molecule is Cc1c(N)cc(Br)cc1C(=O)N1CCCC(CCO)C1. The fourth-order valence-corrected chi connectivity index (χ4v) is 3.24. The van der Waals surface area contributed by atoms with Gasteiger partial charge in [0, 0.05) is 35.4 Å². The Balaban J connectivity index is 2.19. The van der Waals surface area contributed by atoms with Crippen molar-refractivity contribution >= 4 is 27.5 Å². The first kappa shape index (κ1) is 15.3. The summed E-state index contributed by atoms with van der Waals surface area (Å²) in [5.74, 6) is 0.445. The van der Waals surface area contributed by atoms with Crippen molar-refractivity contribution in [2.75, 3.05) is 25.4 Å². The predicted molar refractivity (Wildman–Crippen MR) is 83.6 cm³/mol. The van der Waals surface area contributed by atoms with Crippen LogP contribution >= 0.6 is 15.9 Å². The fraction of sp³-hybridized carbons (Fsp3) is 0.533. The zero-order valence-corrected chi connectivity index (χ0v) is 13.3. The van der Waals surface area contributed by atoms with Gasteiger partial charge in [-0.3, -0.25) is 4.79 Å². The van der Waals surface area contributed by atoms with Gasteiger partial charge in [-0.05, 0) is 49.8 Å². The number of carbonyl (C=O) groups is 1. The van der Waals surface area contributed by atoms with Crippen LogP contribution in [-0.2, 0) is 0 Å². The molecule has 1 fully saturated rings. The summed E-state index contributed by atoms with van der Waals surface area (Å²) >= 11 is 3.39. The third kappa shape index (κ3) is 3.33. The molecule has 3 N–H and O–H groups in total. The summed E-state index contributed by atoms with van der Waals surface area (Å²) in [6.07, 6.45) is 2.85. The highest BCUT2D eigenvalue weighted by Crippen LogP contribution is 2.26. The second kappa shape index (κ2) is 6.59. The molecule has 1 aliphatic rings. The van der Waals surface area contributed by atoms with Crippen molar-refractivity contribution in [3.63, 3.8) is 0 Å². The van der Waals surface area contributed by atoms with Gasteiger partial charge in [-0.25, -0.2) is 0 Å². The van der Waals surface area contributed by atoms with Crippen molar-refractivity contribution in [1.82, 2.24) is 4.90 Å². The second-order valence-electron chi connectivity index (χ2n) is 5.44. The molecule has 1 aromatic carbocycles. The van der Waals surface area contributed by atoms with Gasteiger partial charge in [-0.15, -0.1) is 0 Å². The van der Waals surface area contributed by atoms with E-state index in [0.29, 0.717) is 17.2 Å². The summed E-state index contributed by atoms with van der Waals surface area (Å²) in [6.45, 7) is 3.58. The molecule has 5 heteroatoms. The Morgan fingerprint density at radius 1 is 1.55 bits per heavy atom. The average Bonchev–Trinajstić information content (AvgIpc) is 2.43. The molecule has 1 aromatic rings. The Morgan fingerprint density at radius 3 is 3.00 bits per heavy atom. The molecule has 0 radical (unpaired) electrons. The number of rotatable bonds is 3. The molecule has 4 nitrogen and oxygen atoms in total. The first-order valence-corrected chi connectivity index (χ1v) is 7.78. The number of halogens is 1. The van der Waals surface area contributed by atoms with Gasteiger partial charge >= 0.3 is 0 Å². The Hall–Kier alpha value is -1.07. The van der Waals surface area contributed by atoms with E-state index in [1.807, 2.05) is 24.0 Å². The highest BCUT2D eigenvalue weighted by Gasteiger charge is 2.25. The zero-order valence-electron chi connectivity index (χ0n) is 11.7. The monoisotopic (exact) mass is 340 g/mol. The number of benzene rings is 1. The number of aliphatic hydroxyl groups excluding tert-OH is 1. The Morgan fingerprint density at radius 2 is 2.30 bits per heavy atom. The van der Waals surface area contributed by atoms with Crippen molar-refractivity contribution in [3.8, 4) is 0 Å². The molecule has 0 spiro atoms. The van der Waals surface area contributed by atoms with Crippen molar-refractivity contribution in [2.45, 2.75) is 26.2 Å². The van der Waals surface area contributed by atoms with Crippen molar-refractivity contribution in [3.05, 3.63) is 27.7 Å². The molecular weight excluding hydrogens is 320 g/mol. The molecule has 110 valence electrons. The summed E-state index contributed by atoms with van der Waals surface area (Å²) in [6, 6.07) is 3.65. The van der Waals surface area contributed by atoms with Crippen molar-refractivity contribution < 1.29 is 9.90 Å². The van der Waals surface area contributed by atoms with E-state index in [2.05, 4.69) is 15.9 Å². The van der Waals surface area contributed by atoms with Crippen LogP contribution in [0.2, 0.25) is 0 Å². The van der Waals surface area contributed by atoms with Crippen LogP contribution in [0.25, 0.3) is 0 Å². The minimum absolute atomic E-state index is 0.0399. The molecule has 1 amide bonds. The van der Waals surface area contributed by atoms with Gasteiger partial charge in [0.25, 0.3) is 5.91 Å². The van der Waals surface area contributed by atoms with Gasteiger partial charge in [0.15, 0.2) is 0 Å². The fourth-order valence-electron chi connectivity index (χ4n) is 2.76. The molecule has 1 atom stereocenters. The highest BCUT2D eigenvalue weighted by molar-refractivity contribution is 9.10. The summed E-state index contributed by atoms with van der Waals surface area (Å²) < 4.78 is 0.827. The maximum atomic E-state index is 12.7. The Bertz CT molecular complexity index is 503. The zero-order chi connectivity index (χ0) is 14.7. The molecule has 0 aliphatic carbocycles. The topological polar surface area (TPSA) is 66.6 Å². The van der Waals surface area contributed by atoms with E-state index in [9.17, 15) is 4.79 Å². The van der Waals surface area contributed by atoms with Gasteiger partial charge in [0.05, 0.1) is 0 Å². The van der Waals surface area contributed by atoms with Crippen LogP contribution in [0.1, 0.15) is 35.2 Å². The highest BCUT2D eigenvalue weighted by atomic mass is 79.9. The molecule has 0 aromatic heterocycles. The van der Waals surface area contributed by atoms with Crippen LogP contribution in [0.5, 0.6) is 0 Å². The van der Waals surface area contributed by atoms with E-state index in [1.165, 1.54) is 0 Å². The maximum absolute atomic E-state index is 12.7. The number of nitrogens with zero attached hydrogens (tertiary/aromatic N) is 1. The van der Waals surface area contributed by atoms with Gasteiger partial charge in [0.2, 0.25) is 0 Å². The molecule has 1 unspecified atom stereocenters. The number of anilines is 1. The lowest BCUT2D eigenvalue weighted by Gasteiger charge is -2.33. The minimum Gasteiger partial charge on any atom is -0.398 e. The number of nitrogens with two attached hydrogens (primary N) is 1. The average molecular weight is 341 g/mol. The van der Waals surface area contributed by atoms with Crippen molar-refractivity contribution in [1.29, 1.82) is 0 Å². The molecule has 1 aliphatic heterocycles. The lowest BCUT2D eigenvalue weighted by atomic mass is 9.94. The van der Waals surface area contributed by atoms with Crippen LogP contribution in [0.4, 0.5) is 5.69 Å². The molecule has 1 saturated heterocycles. The molecule has 2 rings (SSSR count). The molecular formula is C15H21BrN2O2. The van der Waals surface area contributed by atoms with Gasteiger partial charge in [0.1, 0.15) is 0 Å². The summed E-state index contributed by atoms with van der Waals surface area (Å²) in [4.78, 5) is 14.5. The number of nitrogen functional groups attached to an aromatic ring is 1. The standard InChI is InChI=1S/C15H21BrN2O2/c1-10-13(7-12(16)8-14(10)17)15(20)18-5-2-3-11(9-18)4-6-19/h7-8,11,19H,2-6,9,17H2,1H3. The normalized spacial score (nSPS) is 19.1. The summed E-state index contributed by atoms with van der Waals surface area (Å²) in [7, 11) is 0. The van der Waals surface area contributed by atoms with Crippen LogP contribution in [0.15, 0.2) is 16.6 Å². The number of carbonyl (C=O) groups excluding carboxylic acids is 1. The van der Waals surface area contributed by atoms with E-state index in [1.54, 1.807) is 0 Å². The third-order valence-corrected chi connectivity index (χ3v) is 4.44. The summed E-state index contributed by atoms with van der Waals surface area (Å²) in [5.41, 5.74) is 8.06. The van der Waals surface area contributed by atoms with E-state index in [0.717, 1.165) is 42.4 Å². The van der Waals surface area contributed by atoms with Crippen LogP contribution in [0.3, 0.4) is 0 Å². The summed E-state index contributed by atoms with van der Waals surface area (Å²) in [5, 5.41) is 9.05. The largest absolute Gasteiger partial charge is 0.398 e. The number of piperidine rings is 1. The first-order valence-electron chi connectivity index (χ1n) is 6.98. The van der Waals surface area contributed by atoms with Crippen LogP contribution in [0, 0.1) is 12.8 Å². The van der Waals surface area contributed by atoms with E-state index < -0.39 is 0 Å². The predicted octanol–water partition coefficient (Wildman–Crippen LogP) is 2.57. The lowest BCUT2D eigenvalue weighted by molar-refractivity contribution is 0.0653. The number of hydrogen-bond acceptors (Lipinski definition) is 3. The van der Waals surface area contributed by atoms with E-state index in [4.69, 9.17) is 10.8 Å². The number of amides is 1. The maximum Gasteiger partial charge on any atom is 0.254 e. The lowest BCUT2D eigenvalue weighted by Crippen LogP contribution is -2.40. The second-order valence-corrected chi connectivity index (χ2v) is 6.35. The number of likely N-dealkylation sites (tertiary alicyclic amines) is 1. The van der Waals surface area contributed by atoms with Gasteiger partial charge < -0.3 is 15.7 Å². The van der Waals surface area contributed by atoms with Gasteiger partial charge in [-0.2, -0.15) is 0 Å². The first-order chi connectivity index (χ1) is 9.52. The number of aliphatic hydroxyl groups is 1. The van der Waals surface area contributed by atoms with E-state index in [-0.39, 0.29) is 12.5 Å². The smallest absolute Gasteiger partial charge is 0.254 e. The minimum atomic E-state index is 0.0399. The Labute approximate surface area is 128 Å². The molecule has 0 saturated carbocycles. The number of hydrogen-bond donors (Lipinski definition) is 2. The third-order valence-electron chi connectivity index (χ3n) is 3.99. The van der Waals surface area contributed by atoms with Crippen LogP contribution in [-0.4, -0.2) is 35.6 Å². The Kier molecular flexibility index (Phi) is 5.05. The quantitative estimate of drug-likeness (QED) is 0.831.